The fourth-order valence-electron chi connectivity index (χ4n) is 2.67. The summed E-state index contributed by atoms with van der Waals surface area (Å²) >= 11 is 3.33. The number of hydrogen-bond acceptors (Lipinski definition) is 5. The van der Waals surface area contributed by atoms with Crippen LogP contribution in [0.2, 0.25) is 0 Å². The molecule has 0 aromatic heterocycles. The molecule has 8 nitrogen and oxygen atoms in total. The van der Waals surface area contributed by atoms with Crippen molar-refractivity contribution < 1.29 is 19.2 Å². The Labute approximate surface area is 186 Å². The van der Waals surface area contributed by atoms with Gasteiger partial charge < -0.3 is 15.4 Å². The number of hydrogen-bond donors (Lipinski definition) is 2. The Kier molecular flexibility index (Phi) is 7.34. The van der Waals surface area contributed by atoms with E-state index in [1.807, 2.05) is 0 Å². The van der Waals surface area contributed by atoms with Crippen molar-refractivity contribution in [3.05, 3.63) is 98.5 Å². The molecule has 31 heavy (non-hydrogen) atoms. The summed E-state index contributed by atoms with van der Waals surface area (Å²) in [6.45, 7) is -0.0715. The van der Waals surface area contributed by atoms with Crippen LogP contribution in [0.5, 0.6) is 5.75 Å². The minimum absolute atomic E-state index is 0.0183. The number of carbonyl (C=O) groups excluding carboxylic acids is 2. The maximum atomic E-state index is 12.6. The Bertz CT molecular complexity index is 1090. The van der Waals surface area contributed by atoms with Crippen LogP contribution in [0.3, 0.4) is 0 Å². The fourth-order valence-corrected chi connectivity index (χ4v) is 2.93. The van der Waals surface area contributed by atoms with E-state index in [4.69, 9.17) is 4.74 Å². The molecule has 0 spiro atoms. The largest absolute Gasteiger partial charge is 0.483 e. The Morgan fingerprint density at radius 3 is 2.32 bits per heavy atom. The van der Waals surface area contributed by atoms with E-state index in [9.17, 15) is 19.7 Å². The van der Waals surface area contributed by atoms with E-state index in [1.54, 1.807) is 60.7 Å². The lowest BCUT2D eigenvalue weighted by molar-refractivity contribution is -0.384. The van der Waals surface area contributed by atoms with Gasteiger partial charge in [-0.05, 0) is 42.0 Å². The average Bonchev–Trinajstić information content (AvgIpc) is 2.78. The monoisotopic (exact) mass is 483 g/mol. The molecule has 0 aliphatic carbocycles. The number of para-hydroxylation sites is 1. The first kappa shape index (κ1) is 22.0. The summed E-state index contributed by atoms with van der Waals surface area (Å²) < 4.78 is 6.45. The van der Waals surface area contributed by atoms with E-state index < -0.39 is 4.92 Å². The molecule has 0 heterocycles. The van der Waals surface area contributed by atoms with E-state index in [0.717, 1.165) is 4.47 Å². The normalized spacial score (nSPS) is 10.2. The number of ether oxygens (including phenoxy) is 1. The van der Waals surface area contributed by atoms with E-state index in [1.165, 1.54) is 12.1 Å². The number of rotatable bonds is 8. The van der Waals surface area contributed by atoms with Crippen molar-refractivity contribution in [2.45, 2.75) is 6.54 Å². The zero-order valence-electron chi connectivity index (χ0n) is 16.2. The molecule has 3 aromatic carbocycles. The molecule has 0 aliphatic rings. The highest BCUT2D eigenvalue weighted by atomic mass is 79.9. The standard InChI is InChI=1S/C22H18BrN3O5/c23-16-7-9-17(10-8-16)25-21(27)14-31-20-4-2-1-3-19(20)22(28)24-13-15-5-11-18(12-6-15)26(29)30/h1-12H,13-14H2,(H,24,28)(H,25,27). The third-order valence-electron chi connectivity index (χ3n) is 4.22. The lowest BCUT2D eigenvalue weighted by atomic mass is 10.1. The summed E-state index contributed by atoms with van der Waals surface area (Å²) in [6, 6.07) is 19.6. The highest BCUT2D eigenvalue weighted by molar-refractivity contribution is 9.10. The molecule has 3 rings (SSSR count). The van der Waals surface area contributed by atoms with E-state index in [-0.39, 0.29) is 42.0 Å². The second-order valence-electron chi connectivity index (χ2n) is 6.45. The number of benzene rings is 3. The molecule has 0 radical (unpaired) electrons. The third-order valence-corrected chi connectivity index (χ3v) is 4.75. The average molecular weight is 484 g/mol. The van der Waals surface area contributed by atoms with Gasteiger partial charge in [0.15, 0.2) is 6.61 Å². The summed E-state index contributed by atoms with van der Waals surface area (Å²) in [6.07, 6.45) is 0. The molecule has 0 aliphatic heterocycles. The van der Waals surface area contributed by atoms with E-state index in [0.29, 0.717) is 11.3 Å². The summed E-state index contributed by atoms with van der Waals surface area (Å²) in [7, 11) is 0. The maximum absolute atomic E-state index is 12.6. The number of halogens is 1. The van der Waals surface area contributed by atoms with Crippen LogP contribution >= 0.6 is 15.9 Å². The van der Waals surface area contributed by atoms with Crippen LogP contribution < -0.4 is 15.4 Å². The molecular weight excluding hydrogens is 466 g/mol. The van der Waals surface area contributed by atoms with Crippen LogP contribution in [0, 0.1) is 10.1 Å². The smallest absolute Gasteiger partial charge is 0.269 e. The topological polar surface area (TPSA) is 111 Å². The molecule has 2 N–H and O–H groups in total. The Balaban J connectivity index is 1.57. The highest BCUT2D eigenvalue weighted by Crippen LogP contribution is 2.19. The summed E-state index contributed by atoms with van der Waals surface area (Å²) in [5.41, 5.74) is 1.60. The van der Waals surface area contributed by atoms with Gasteiger partial charge in [-0.1, -0.05) is 40.2 Å². The third kappa shape index (κ3) is 6.38. The van der Waals surface area contributed by atoms with Gasteiger partial charge in [0.1, 0.15) is 5.75 Å². The van der Waals surface area contributed by atoms with Crippen molar-refractivity contribution in [3.63, 3.8) is 0 Å². The lowest BCUT2D eigenvalue weighted by Gasteiger charge is -2.12. The minimum atomic E-state index is -0.483. The van der Waals surface area contributed by atoms with Crippen molar-refractivity contribution >= 4 is 39.1 Å². The zero-order valence-corrected chi connectivity index (χ0v) is 17.8. The van der Waals surface area contributed by atoms with Gasteiger partial charge in [-0.2, -0.15) is 0 Å². The van der Waals surface area contributed by atoms with Crippen LogP contribution in [0.25, 0.3) is 0 Å². The number of nitrogens with zero attached hydrogens (tertiary/aromatic N) is 1. The van der Waals surface area contributed by atoms with Gasteiger partial charge in [0.2, 0.25) is 0 Å². The van der Waals surface area contributed by atoms with Gasteiger partial charge in [-0.15, -0.1) is 0 Å². The molecule has 0 fully saturated rings. The van der Waals surface area contributed by atoms with Crippen molar-refractivity contribution in [2.75, 3.05) is 11.9 Å². The molecule has 9 heteroatoms. The second kappa shape index (κ2) is 10.4. The number of carbonyl (C=O) groups is 2. The van der Waals surface area contributed by atoms with E-state index >= 15 is 0 Å². The van der Waals surface area contributed by atoms with Crippen LogP contribution in [0.1, 0.15) is 15.9 Å². The summed E-state index contributed by atoms with van der Waals surface area (Å²) in [4.78, 5) is 35.0. The quantitative estimate of drug-likeness (QED) is 0.366. The fraction of sp³-hybridized carbons (Fsp3) is 0.0909. The Hall–Kier alpha value is -3.72. The van der Waals surface area contributed by atoms with Crippen LogP contribution in [0.15, 0.2) is 77.3 Å². The number of nitrogens with one attached hydrogen (secondary N) is 2. The van der Waals surface area contributed by atoms with Crippen molar-refractivity contribution in [2.24, 2.45) is 0 Å². The van der Waals surface area contributed by atoms with Crippen LogP contribution in [-0.4, -0.2) is 23.3 Å². The predicted octanol–water partition coefficient (Wildman–Crippen LogP) is 4.30. The number of non-ortho nitro benzene ring substituents is 1. The summed E-state index contributed by atoms with van der Waals surface area (Å²) in [5, 5.41) is 16.2. The van der Waals surface area contributed by atoms with Crippen molar-refractivity contribution in [3.8, 4) is 5.75 Å². The van der Waals surface area contributed by atoms with Crippen molar-refractivity contribution in [1.82, 2.24) is 5.32 Å². The first-order chi connectivity index (χ1) is 14.9. The van der Waals surface area contributed by atoms with Gasteiger partial charge in [0.05, 0.1) is 10.5 Å². The first-order valence-corrected chi connectivity index (χ1v) is 10.0. The van der Waals surface area contributed by atoms with Gasteiger partial charge in [0, 0.05) is 28.8 Å². The molecular formula is C22H18BrN3O5. The second-order valence-corrected chi connectivity index (χ2v) is 7.36. The molecule has 3 aromatic rings. The van der Waals surface area contributed by atoms with Crippen LogP contribution in [0.4, 0.5) is 11.4 Å². The molecule has 0 saturated heterocycles. The van der Waals surface area contributed by atoms with Gasteiger partial charge >= 0.3 is 0 Å². The lowest BCUT2D eigenvalue weighted by Crippen LogP contribution is -2.25. The van der Waals surface area contributed by atoms with Gasteiger partial charge in [-0.3, -0.25) is 19.7 Å². The number of nitro groups is 1. The first-order valence-electron chi connectivity index (χ1n) is 9.21. The molecule has 0 atom stereocenters. The number of anilines is 1. The maximum Gasteiger partial charge on any atom is 0.269 e. The minimum Gasteiger partial charge on any atom is -0.483 e. The Morgan fingerprint density at radius 1 is 0.968 bits per heavy atom. The zero-order chi connectivity index (χ0) is 22.2. The Morgan fingerprint density at radius 2 is 1.65 bits per heavy atom. The number of nitro benzene ring substituents is 1. The number of amides is 2. The molecule has 0 saturated carbocycles. The molecule has 0 unspecified atom stereocenters. The van der Waals surface area contributed by atoms with Gasteiger partial charge in [0.25, 0.3) is 17.5 Å². The highest BCUT2D eigenvalue weighted by Gasteiger charge is 2.14. The van der Waals surface area contributed by atoms with E-state index in [2.05, 4.69) is 26.6 Å². The SMILES string of the molecule is O=C(COc1ccccc1C(=O)NCc1ccc([N+](=O)[O-])cc1)Nc1ccc(Br)cc1. The molecule has 158 valence electrons. The predicted molar refractivity (Wildman–Crippen MR) is 119 cm³/mol. The molecule has 2 amide bonds. The van der Waals surface area contributed by atoms with Crippen molar-refractivity contribution in [1.29, 1.82) is 0 Å². The van der Waals surface area contributed by atoms with Crippen LogP contribution in [-0.2, 0) is 11.3 Å². The molecule has 0 bridgehead atoms. The van der Waals surface area contributed by atoms with Gasteiger partial charge in [-0.25, -0.2) is 0 Å². The summed E-state index contributed by atoms with van der Waals surface area (Å²) in [5.74, 6) is -0.472.